The molecule has 0 bridgehead atoms. The van der Waals surface area contributed by atoms with Crippen molar-refractivity contribution in [2.75, 3.05) is 40.0 Å². The average Bonchev–Trinajstić information content (AvgIpc) is 2.38. The first-order valence-electron chi connectivity index (χ1n) is 6.21. The van der Waals surface area contributed by atoms with Crippen LogP contribution in [0.15, 0.2) is 24.3 Å². The molecule has 1 aliphatic rings. The summed E-state index contributed by atoms with van der Waals surface area (Å²) in [6.45, 7) is 1.77. The maximum absolute atomic E-state index is 11.7. The van der Waals surface area contributed by atoms with Gasteiger partial charge in [0, 0.05) is 25.7 Å². The summed E-state index contributed by atoms with van der Waals surface area (Å²) in [7, 11) is 0.519. The van der Waals surface area contributed by atoms with Gasteiger partial charge in [0.1, 0.15) is 5.75 Å². The highest BCUT2D eigenvalue weighted by molar-refractivity contribution is 7.88. The van der Waals surface area contributed by atoms with Crippen molar-refractivity contribution in [3.8, 4) is 5.75 Å². The number of nitrogens with zero attached hydrogens (tertiary/aromatic N) is 2. The Morgan fingerprint density at radius 2 is 2.05 bits per heavy atom. The highest BCUT2D eigenvalue weighted by atomic mass is 32.2. The lowest BCUT2D eigenvalue weighted by Gasteiger charge is -2.38. The van der Waals surface area contributed by atoms with Crippen molar-refractivity contribution >= 4 is 10.0 Å². The van der Waals surface area contributed by atoms with Gasteiger partial charge in [0.15, 0.2) is 0 Å². The van der Waals surface area contributed by atoms with Crippen molar-refractivity contribution in [2.45, 2.75) is 6.04 Å². The number of ether oxygens (including phenoxy) is 1. The first-order chi connectivity index (χ1) is 8.91. The molecule has 1 unspecified atom stereocenters. The van der Waals surface area contributed by atoms with Gasteiger partial charge in [0.25, 0.3) is 0 Å². The van der Waals surface area contributed by atoms with Crippen LogP contribution in [0.4, 0.5) is 0 Å². The molecule has 0 spiro atoms. The Morgan fingerprint density at radius 3 is 2.68 bits per heavy atom. The second kappa shape index (κ2) is 5.48. The number of methoxy groups -OCH3 is 1. The van der Waals surface area contributed by atoms with Crippen molar-refractivity contribution in [3.05, 3.63) is 29.8 Å². The predicted octanol–water partition coefficient (Wildman–Crippen LogP) is 0.943. The Balaban J connectivity index is 2.25. The maximum Gasteiger partial charge on any atom is 0.211 e. The van der Waals surface area contributed by atoms with Crippen LogP contribution in [0, 0.1) is 0 Å². The average molecular weight is 284 g/mol. The standard InChI is InChI=1S/C13H20N2O3S/c1-14-7-8-15(19(3,16)17)10-13(14)11-5-4-6-12(9-11)18-2/h4-6,9,13H,7-8,10H2,1-3H3. The molecular weight excluding hydrogens is 264 g/mol. The third-order valence-electron chi connectivity index (χ3n) is 3.56. The Hall–Kier alpha value is -1.11. The number of benzene rings is 1. The predicted molar refractivity (Wildman–Crippen MR) is 74.8 cm³/mol. The maximum atomic E-state index is 11.7. The van der Waals surface area contributed by atoms with Crippen LogP contribution in [-0.4, -0.2) is 57.7 Å². The topological polar surface area (TPSA) is 49.9 Å². The highest BCUT2D eigenvalue weighted by Gasteiger charge is 2.30. The van der Waals surface area contributed by atoms with Crippen LogP contribution in [0.1, 0.15) is 11.6 Å². The monoisotopic (exact) mass is 284 g/mol. The third-order valence-corrected chi connectivity index (χ3v) is 4.83. The highest BCUT2D eigenvalue weighted by Crippen LogP contribution is 2.27. The fourth-order valence-corrected chi connectivity index (χ4v) is 3.18. The van der Waals surface area contributed by atoms with E-state index >= 15 is 0 Å². The summed E-state index contributed by atoms with van der Waals surface area (Å²) in [6, 6.07) is 7.86. The number of hydrogen-bond donors (Lipinski definition) is 0. The smallest absolute Gasteiger partial charge is 0.211 e. The van der Waals surface area contributed by atoms with Crippen LogP contribution in [-0.2, 0) is 10.0 Å². The zero-order valence-electron chi connectivity index (χ0n) is 11.5. The van der Waals surface area contributed by atoms with E-state index in [1.54, 1.807) is 7.11 Å². The van der Waals surface area contributed by atoms with Crippen LogP contribution in [0.25, 0.3) is 0 Å². The van der Waals surface area contributed by atoms with Crippen molar-refractivity contribution in [1.82, 2.24) is 9.21 Å². The van der Waals surface area contributed by atoms with E-state index in [2.05, 4.69) is 4.90 Å². The quantitative estimate of drug-likeness (QED) is 0.829. The zero-order valence-corrected chi connectivity index (χ0v) is 12.4. The molecule has 0 aromatic heterocycles. The molecule has 5 nitrogen and oxygen atoms in total. The van der Waals surface area contributed by atoms with Crippen LogP contribution < -0.4 is 4.74 Å². The SMILES string of the molecule is COc1cccc(C2CN(S(C)(=O)=O)CCN2C)c1. The fourth-order valence-electron chi connectivity index (χ4n) is 2.36. The summed E-state index contributed by atoms with van der Waals surface area (Å²) < 4.78 is 30.1. The molecular formula is C13H20N2O3S. The van der Waals surface area contributed by atoms with Gasteiger partial charge in [-0.2, -0.15) is 4.31 Å². The normalized spacial score (nSPS) is 22.4. The first kappa shape index (κ1) is 14.3. The van der Waals surface area contributed by atoms with Crippen LogP contribution in [0.2, 0.25) is 0 Å². The number of piperazine rings is 1. The van der Waals surface area contributed by atoms with Gasteiger partial charge in [-0.25, -0.2) is 8.42 Å². The second-order valence-electron chi connectivity index (χ2n) is 4.89. The van der Waals surface area contributed by atoms with Crippen molar-refractivity contribution in [3.63, 3.8) is 0 Å². The molecule has 19 heavy (non-hydrogen) atoms. The summed E-state index contributed by atoms with van der Waals surface area (Å²) in [5, 5.41) is 0. The minimum absolute atomic E-state index is 0.0681. The second-order valence-corrected chi connectivity index (χ2v) is 6.88. The van der Waals surface area contributed by atoms with Crippen molar-refractivity contribution < 1.29 is 13.2 Å². The van der Waals surface area contributed by atoms with E-state index in [-0.39, 0.29) is 6.04 Å². The van der Waals surface area contributed by atoms with E-state index in [9.17, 15) is 8.42 Å². The molecule has 1 fully saturated rings. The molecule has 0 radical (unpaired) electrons. The van der Waals surface area contributed by atoms with Gasteiger partial charge in [-0.05, 0) is 24.7 Å². The molecule has 0 aliphatic carbocycles. The van der Waals surface area contributed by atoms with Crippen molar-refractivity contribution in [2.24, 2.45) is 0 Å². The number of hydrogen-bond acceptors (Lipinski definition) is 4. The van der Waals surface area contributed by atoms with Gasteiger partial charge in [0.05, 0.1) is 13.4 Å². The number of rotatable bonds is 3. The molecule has 0 amide bonds. The Labute approximate surface area is 114 Å². The molecule has 1 saturated heterocycles. The lowest BCUT2D eigenvalue weighted by Crippen LogP contribution is -2.48. The van der Waals surface area contributed by atoms with Crippen LogP contribution in [0.3, 0.4) is 0 Å². The number of likely N-dealkylation sites (N-methyl/N-ethyl adjacent to an activating group) is 1. The molecule has 1 heterocycles. The van der Waals surface area contributed by atoms with E-state index in [4.69, 9.17) is 4.74 Å². The third kappa shape index (κ3) is 3.26. The van der Waals surface area contributed by atoms with Gasteiger partial charge in [0.2, 0.25) is 10.0 Å². The van der Waals surface area contributed by atoms with Gasteiger partial charge < -0.3 is 4.74 Å². The summed E-state index contributed by atoms with van der Waals surface area (Å²) in [5.74, 6) is 0.794. The molecule has 106 valence electrons. The molecule has 1 atom stereocenters. The lowest BCUT2D eigenvalue weighted by atomic mass is 10.0. The van der Waals surface area contributed by atoms with Gasteiger partial charge in [-0.15, -0.1) is 0 Å². The molecule has 1 aromatic rings. The van der Waals surface area contributed by atoms with E-state index in [0.29, 0.717) is 13.1 Å². The minimum Gasteiger partial charge on any atom is -0.497 e. The van der Waals surface area contributed by atoms with E-state index in [1.165, 1.54) is 10.6 Å². The first-order valence-corrected chi connectivity index (χ1v) is 8.06. The largest absolute Gasteiger partial charge is 0.497 e. The van der Waals surface area contributed by atoms with Crippen LogP contribution in [0.5, 0.6) is 5.75 Å². The van der Waals surface area contributed by atoms with E-state index in [1.807, 2.05) is 31.3 Å². The molecule has 1 aromatic carbocycles. The Bertz CT molecular complexity index is 545. The number of sulfonamides is 1. The molecule has 0 N–H and O–H groups in total. The molecule has 0 saturated carbocycles. The van der Waals surface area contributed by atoms with Gasteiger partial charge in [-0.3, -0.25) is 4.90 Å². The minimum atomic E-state index is -3.13. The van der Waals surface area contributed by atoms with E-state index in [0.717, 1.165) is 17.9 Å². The lowest BCUT2D eigenvalue weighted by molar-refractivity contribution is 0.148. The van der Waals surface area contributed by atoms with Crippen LogP contribution >= 0.6 is 0 Å². The Kier molecular flexibility index (Phi) is 4.13. The fraction of sp³-hybridized carbons (Fsp3) is 0.538. The van der Waals surface area contributed by atoms with E-state index < -0.39 is 10.0 Å². The molecule has 1 aliphatic heterocycles. The van der Waals surface area contributed by atoms with Crippen molar-refractivity contribution in [1.29, 1.82) is 0 Å². The van der Waals surface area contributed by atoms with Gasteiger partial charge in [-0.1, -0.05) is 12.1 Å². The van der Waals surface area contributed by atoms with Gasteiger partial charge >= 0.3 is 0 Å². The molecule has 6 heteroatoms. The zero-order chi connectivity index (χ0) is 14.0. The molecule has 2 rings (SSSR count). The Morgan fingerprint density at radius 1 is 1.32 bits per heavy atom. The summed E-state index contributed by atoms with van der Waals surface area (Å²) in [5.41, 5.74) is 1.08. The summed E-state index contributed by atoms with van der Waals surface area (Å²) in [6.07, 6.45) is 1.26. The summed E-state index contributed by atoms with van der Waals surface area (Å²) >= 11 is 0. The summed E-state index contributed by atoms with van der Waals surface area (Å²) in [4.78, 5) is 2.18.